The molecule has 0 fully saturated rings. The van der Waals surface area contributed by atoms with Crippen LogP contribution < -0.4 is 0 Å². The van der Waals surface area contributed by atoms with E-state index < -0.39 is 0 Å². The Bertz CT molecular complexity index is 287. The third-order valence-corrected chi connectivity index (χ3v) is 4.16. The summed E-state index contributed by atoms with van der Waals surface area (Å²) in [4.78, 5) is 9.21. The maximum absolute atomic E-state index is 2.42. The van der Waals surface area contributed by atoms with Gasteiger partial charge in [0.2, 0.25) is 0 Å². The van der Waals surface area contributed by atoms with Crippen LogP contribution in [0, 0.1) is 0 Å². The number of hydrogen-bond acceptors (Lipinski definition) is 4. The van der Waals surface area contributed by atoms with Gasteiger partial charge in [-0.3, -0.25) is 4.90 Å². The molecule has 0 radical (unpaired) electrons. The molecule has 0 spiro atoms. The Morgan fingerprint density at radius 2 is 0.692 bits per heavy atom. The second-order valence-electron chi connectivity index (χ2n) is 10.2. The molecule has 0 heterocycles. The summed E-state index contributed by atoms with van der Waals surface area (Å²) < 4.78 is 2.10. The first-order valence-corrected chi connectivity index (χ1v) is 9.90. The molecule has 0 rings (SSSR count). The van der Waals surface area contributed by atoms with Crippen molar-refractivity contribution in [3.05, 3.63) is 0 Å². The van der Waals surface area contributed by atoms with E-state index >= 15 is 0 Å². The summed E-state index contributed by atoms with van der Waals surface area (Å²) in [7, 11) is 26.3. The fraction of sp³-hybridized carbons (Fsp3) is 1.00. The minimum Gasteiger partial charge on any atom is -0.330 e. The molecule has 160 valence electrons. The molecule has 0 atom stereocenters. The van der Waals surface area contributed by atoms with Crippen molar-refractivity contribution in [2.45, 2.75) is 0 Å². The molecule has 6 heteroatoms. The van der Waals surface area contributed by atoms with Crippen molar-refractivity contribution >= 4 is 0 Å². The third kappa shape index (κ3) is 26.0. The topological polar surface area (TPSA) is 13.0 Å². The van der Waals surface area contributed by atoms with E-state index in [2.05, 4.69) is 104 Å². The van der Waals surface area contributed by atoms with Crippen molar-refractivity contribution in [1.82, 2.24) is 19.6 Å². The summed E-state index contributed by atoms with van der Waals surface area (Å²) in [5.41, 5.74) is 0. The zero-order chi connectivity index (χ0) is 21.0. The van der Waals surface area contributed by atoms with Crippen LogP contribution in [0.4, 0.5) is 0 Å². The summed E-state index contributed by atoms with van der Waals surface area (Å²) in [5.74, 6) is 0. The molecule has 0 aliphatic heterocycles. The smallest absolute Gasteiger partial charge is 0.0909 e. The fourth-order valence-electron chi connectivity index (χ4n) is 1.91. The highest BCUT2D eigenvalue weighted by Gasteiger charge is 2.12. The van der Waals surface area contributed by atoms with Crippen LogP contribution in [0.5, 0.6) is 0 Å². The number of rotatable bonds is 12. The van der Waals surface area contributed by atoms with Gasteiger partial charge in [0.15, 0.2) is 0 Å². The predicted molar refractivity (Wildman–Crippen MR) is 118 cm³/mol. The lowest BCUT2D eigenvalue weighted by Crippen LogP contribution is -2.45. The van der Waals surface area contributed by atoms with E-state index in [0.717, 1.165) is 35.1 Å². The molecule has 0 saturated carbocycles. The highest BCUT2D eigenvalue weighted by atomic mass is 15.3. The number of hydrogen-bond donors (Lipinski definition) is 0. The molecule has 0 aromatic rings. The molecule has 0 N–H and O–H groups in total. The van der Waals surface area contributed by atoms with Crippen molar-refractivity contribution in [1.29, 1.82) is 0 Å². The zero-order valence-corrected chi connectivity index (χ0v) is 20.3. The third-order valence-electron chi connectivity index (χ3n) is 4.16. The van der Waals surface area contributed by atoms with E-state index in [1.54, 1.807) is 0 Å². The molecule has 0 saturated heterocycles. The Labute approximate surface area is 166 Å². The van der Waals surface area contributed by atoms with Gasteiger partial charge in [0.05, 0.1) is 55.4 Å². The predicted octanol–water partition coefficient (Wildman–Crippen LogP) is 0.372. The van der Waals surface area contributed by atoms with E-state index in [-0.39, 0.29) is 0 Å². The average Bonchev–Trinajstić information content (AvgIpc) is 2.46. The van der Waals surface area contributed by atoms with Crippen LogP contribution in [0.1, 0.15) is 0 Å². The number of quaternary nitrogens is 2. The minimum absolute atomic E-state index is 1.05. The molecule has 0 aliphatic carbocycles. The lowest BCUT2D eigenvalue weighted by Gasteiger charge is -2.29. The van der Waals surface area contributed by atoms with E-state index in [0.29, 0.717) is 0 Å². The first-order chi connectivity index (χ1) is 11.6. The molecule has 0 amide bonds. The van der Waals surface area contributed by atoms with E-state index in [4.69, 9.17) is 0 Å². The van der Waals surface area contributed by atoms with Crippen LogP contribution in [-0.4, -0.2) is 165 Å². The standard InChI is InChI=1S/C11H29N3.C9H23N3/c1-12(8-10-13(2,3)4)9-11-14(5,6)7;1-10(2)6-8-12(5)9-7-11(3)4/h8-11H2,1-7H3;6-9H2,1-5H3/q+2;. The Morgan fingerprint density at radius 3 is 0.923 bits per heavy atom. The Kier molecular flexibility index (Phi) is 14.9. The lowest BCUT2D eigenvalue weighted by atomic mass is 10.4. The van der Waals surface area contributed by atoms with Crippen LogP contribution in [0.25, 0.3) is 0 Å². The summed E-state index contributed by atoms with van der Waals surface area (Å²) in [6, 6.07) is 0. The van der Waals surface area contributed by atoms with E-state index in [1.165, 1.54) is 26.2 Å². The normalized spacial score (nSPS) is 12.9. The SMILES string of the molecule is CN(C)CCN(C)CCN(C)C.CN(CC[N+](C)(C)C)CC[N+](C)(C)C. The Hall–Kier alpha value is -0.240. The minimum atomic E-state index is 1.05. The van der Waals surface area contributed by atoms with Crippen LogP contribution in [0.3, 0.4) is 0 Å². The van der Waals surface area contributed by atoms with Gasteiger partial charge in [0, 0.05) is 39.3 Å². The first kappa shape index (κ1) is 28.0. The fourth-order valence-corrected chi connectivity index (χ4v) is 1.91. The number of likely N-dealkylation sites (N-methyl/N-ethyl adjacent to an activating group) is 6. The maximum atomic E-state index is 2.42. The quantitative estimate of drug-likeness (QED) is 0.456. The van der Waals surface area contributed by atoms with Gasteiger partial charge in [-0.05, 0) is 42.3 Å². The lowest BCUT2D eigenvalue weighted by molar-refractivity contribution is -0.872. The second kappa shape index (κ2) is 13.9. The van der Waals surface area contributed by atoms with Gasteiger partial charge in [0.1, 0.15) is 0 Å². The zero-order valence-electron chi connectivity index (χ0n) is 20.3. The van der Waals surface area contributed by atoms with Gasteiger partial charge in [-0.25, -0.2) is 0 Å². The second-order valence-corrected chi connectivity index (χ2v) is 10.2. The summed E-state index contributed by atoms with van der Waals surface area (Å²) >= 11 is 0. The van der Waals surface area contributed by atoms with Crippen molar-refractivity contribution in [3.63, 3.8) is 0 Å². The van der Waals surface area contributed by atoms with Crippen LogP contribution in [-0.2, 0) is 0 Å². The average molecular weight is 377 g/mol. The van der Waals surface area contributed by atoms with Crippen molar-refractivity contribution in [2.75, 3.05) is 137 Å². The molecule has 0 aromatic carbocycles. The highest BCUT2D eigenvalue weighted by Crippen LogP contribution is 1.94. The molecule has 0 aromatic heterocycles. The van der Waals surface area contributed by atoms with Gasteiger partial charge < -0.3 is 23.7 Å². The van der Waals surface area contributed by atoms with Gasteiger partial charge in [-0.15, -0.1) is 0 Å². The monoisotopic (exact) mass is 376 g/mol. The van der Waals surface area contributed by atoms with Gasteiger partial charge in [0.25, 0.3) is 0 Å². The first-order valence-electron chi connectivity index (χ1n) is 9.90. The highest BCUT2D eigenvalue weighted by molar-refractivity contribution is 4.55. The maximum Gasteiger partial charge on any atom is 0.0909 e. The molecule has 0 bridgehead atoms. The largest absolute Gasteiger partial charge is 0.330 e. The van der Waals surface area contributed by atoms with Gasteiger partial charge >= 0.3 is 0 Å². The van der Waals surface area contributed by atoms with E-state index in [9.17, 15) is 0 Å². The summed E-state index contributed by atoms with van der Waals surface area (Å²) in [6.45, 7) is 9.39. The van der Waals surface area contributed by atoms with Crippen LogP contribution in [0.15, 0.2) is 0 Å². The van der Waals surface area contributed by atoms with E-state index in [1.807, 2.05) is 0 Å². The van der Waals surface area contributed by atoms with Crippen molar-refractivity contribution in [3.8, 4) is 0 Å². The van der Waals surface area contributed by atoms with Crippen LogP contribution >= 0.6 is 0 Å². The Balaban J connectivity index is 0. The molecule has 6 nitrogen and oxygen atoms in total. The van der Waals surface area contributed by atoms with Gasteiger partial charge in [-0.2, -0.15) is 0 Å². The molecule has 26 heavy (non-hydrogen) atoms. The number of nitrogens with zero attached hydrogens (tertiary/aromatic N) is 6. The van der Waals surface area contributed by atoms with Crippen molar-refractivity contribution < 1.29 is 8.97 Å². The summed E-state index contributed by atoms with van der Waals surface area (Å²) in [6.07, 6.45) is 0. The summed E-state index contributed by atoms with van der Waals surface area (Å²) in [5, 5.41) is 0. The Morgan fingerprint density at radius 1 is 0.423 bits per heavy atom. The van der Waals surface area contributed by atoms with Crippen LogP contribution in [0.2, 0.25) is 0 Å². The van der Waals surface area contributed by atoms with Gasteiger partial charge in [-0.1, -0.05) is 0 Å². The molecule has 0 unspecified atom stereocenters. The van der Waals surface area contributed by atoms with Crippen molar-refractivity contribution in [2.24, 2.45) is 0 Å². The molecular formula is C20H52N6+2. The molecule has 0 aliphatic rings. The molecular weight excluding hydrogens is 324 g/mol.